The molecule has 0 spiro atoms. The van der Waals surface area contributed by atoms with Crippen LogP contribution >= 0.6 is 22.9 Å². The maximum atomic E-state index is 13.9. The van der Waals surface area contributed by atoms with Crippen LogP contribution in [0.4, 0.5) is 4.39 Å². The molecule has 1 aromatic rings. The van der Waals surface area contributed by atoms with Gasteiger partial charge in [-0.2, -0.15) is 0 Å². The fourth-order valence-corrected chi connectivity index (χ4v) is 10.3. The molecule has 0 amide bonds. The molecule has 3 atom stereocenters. The molecule has 1 aromatic heterocycles. The van der Waals surface area contributed by atoms with Gasteiger partial charge in [-0.3, -0.25) is 9.79 Å². The molecule has 6 fully saturated rings. The topological polar surface area (TPSA) is 101 Å². The summed E-state index contributed by atoms with van der Waals surface area (Å²) in [6, 6.07) is -0.667. The molecule has 0 bridgehead atoms. The van der Waals surface area contributed by atoms with Crippen molar-refractivity contribution >= 4 is 40.7 Å². The molecule has 7 aliphatic carbocycles. The van der Waals surface area contributed by atoms with Crippen molar-refractivity contribution in [2.24, 2.45) is 57.2 Å². The van der Waals surface area contributed by atoms with Crippen molar-refractivity contribution < 1.29 is 23.8 Å². The molecule has 0 radical (unpaired) electrons. The summed E-state index contributed by atoms with van der Waals surface area (Å²) in [5.74, 6) is -0.0198. The van der Waals surface area contributed by atoms with Crippen LogP contribution in [0.15, 0.2) is 51.9 Å². The highest BCUT2D eigenvalue weighted by Gasteiger charge is 3.12. The number of nitrogens with zero attached hydrogens (tertiary/aromatic N) is 2. The number of allylic oxidation sites excluding steroid dienone is 4. The molecule has 10 heteroatoms. The number of carboxylic acid groups (broad SMARTS) is 1. The van der Waals surface area contributed by atoms with E-state index >= 15 is 0 Å². The fraction of sp³-hybridized carbons (Fsp3) is 0.500. The molecule has 34 heavy (non-hydrogen) atoms. The normalized spacial score (nSPS) is 49.7. The third-order valence-electron chi connectivity index (χ3n) is 10.1. The van der Waals surface area contributed by atoms with E-state index in [0.29, 0.717) is 16.4 Å². The number of esters is 1. The predicted octanol–water partition coefficient (Wildman–Crippen LogP) is 2.76. The zero-order valence-corrected chi connectivity index (χ0v) is 19.4. The minimum atomic E-state index is -0.686. The lowest BCUT2D eigenvalue weighted by molar-refractivity contribution is -0.633. The van der Waals surface area contributed by atoms with E-state index in [4.69, 9.17) is 21.3 Å². The van der Waals surface area contributed by atoms with Crippen LogP contribution in [0.2, 0.25) is 0 Å². The zero-order valence-electron chi connectivity index (χ0n) is 17.8. The van der Waals surface area contributed by atoms with Gasteiger partial charge in [0.05, 0.1) is 29.5 Å². The van der Waals surface area contributed by atoms with E-state index < -0.39 is 40.5 Å². The SMILES string of the molecule is COC(=O)C1=C(C23C4C5C2C2C3C4C52C(=O)O)NC(c2nccs2)=N[C@@H]1C1C=CC(F)=CC1Cl. The van der Waals surface area contributed by atoms with Gasteiger partial charge in [0.25, 0.3) is 0 Å². The van der Waals surface area contributed by atoms with Crippen molar-refractivity contribution in [2.75, 3.05) is 7.11 Å². The molecule has 6 saturated carbocycles. The first-order chi connectivity index (χ1) is 16.4. The van der Waals surface area contributed by atoms with E-state index in [0.717, 1.165) is 5.70 Å². The van der Waals surface area contributed by atoms with E-state index in [-0.39, 0.29) is 40.9 Å². The van der Waals surface area contributed by atoms with E-state index in [9.17, 15) is 19.1 Å². The van der Waals surface area contributed by atoms with Crippen LogP contribution in [0.1, 0.15) is 5.01 Å². The van der Waals surface area contributed by atoms with Crippen molar-refractivity contribution in [1.29, 1.82) is 0 Å². The number of methoxy groups -OCH3 is 1. The Morgan fingerprint density at radius 2 is 1.94 bits per heavy atom. The first-order valence-electron chi connectivity index (χ1n) is 11.4. The smallest absolute Gasteiger partial charge is 0.337 e. The third-order valence-corrected chi connectivity index (χ3v) is 11.3. The maximum absolute atomic E-state index is 13.9. The number of amidine groups is 1. The van der Waals surface area contributed by atoms with Crippen LogP contribution in [0.5, 0.6) is 0 Å². The van der Waals surface area contributed by atoms with Gasteiger partial charge in [-0.15, -0.1) is 22.9 Å². The molecule has 174 valence electrons. The van der Waals surface area contributed by atoms with Crippen molar-refractivity contribution in [3.63, 3.8) is 0 Å². The second-order valence-electron chi connectivity index (χ2n) is 10.4. The van der Waals surface area contributed by atoms with E-state index in [2.05, 4.69) is 10.3 Å². The van der Waals surface area contributed by atoms with Gasteiger partial charge in [0.2, 0.25) is 0 Å². The standard InChI is InChI=1S/C24H19ClFN3O4S/c1-33-21(30)10-17(8-3-2-7(26)6-9(8)25)28-19(20-27-4-5-34-20)29-18(10)23-11-14-12(23)16-13(23)15(11)24(14,16)22(31)32/h2-6,8-9,11-17H,1H3,(H,28,29)(H,31,32)/t8?,9?,11?,12?,13?,14?,15?,16?,17-,23?,24?/m1/s1. The van der Waals surface area contributed by atoms with Gasteiger partial charge >= 0.3 is 11.9 Å². The van der Waals surface area contributed by atoms with Gasteiger partial charge in [-0.05, 0) is 47.7 Å². The Morgan fingerprint density at radius 3 is 2.50 bits per heavy atom. The Morgan fingerprint density at radius 1 is 1.24 bits per heavy atom. The summed E-state index contributed by atoms with van der Waals surface area (Å²) in [7, 11) is 1.34. The summed E-state index contributed by atoms with van der Waals surface area (Å²) in [5.41, 5.74) is 0.501. The number of nitrogens with one attached hydrogen (secondary N) is 1. The van der Waals surface area contributed by atoms with Gasteiger partial charge in [-0.25, -0.2) is 14.2 Å². The maximum Gasteiger partial charge on any atom is 0.337 e. The summed E-state index contributed by atoms with van der Waals surface area (Å²) < 4.78 is 19.1. The van der Waals surface area contributed by atoms with E-state index in [1.165, 1.54) is 30.6 Å². The number of aliphatic imine (C=N–C) groups is 1. The molecule has 0 saturated heterocycles. The average Bonchev–Trinajstić information content (AvgIpc) is 3.37. The zero-order chi connectivity index (χ0) is 23.3. The summed E-state index contributed by atoms with van der Waals surface area (Å²) >= 11 is 8.00. The van der Waals surface area contributed by atoms with Crippen LogP contribution in [-0.2, 0) is 14.3 Å². The molecular formula is C24H19ClFN3O4S. The lowest BCUT2D eigenvalue weighted by Gasteiger charge is -3.10. The number of carbonyl (C=O) groups excluding carboxylic acids is 1. The van der Waals surface area contributed by atoms with Gasteiger partial charge < -0.3 is 15.2 Å². The van der Waals surface area contributed by atoms with Crippen LogP contribution in [0.25, 0.3) is 0 Å². The van der Waals surface area contributed by atoms with Crippen LogP contribution < -0.4 is 5.32 Å². The molecule has 2 unspecified atom stereocenters. The minimum Gasteiger partial charge on any atom is -0.481 e. The lowest BCUT2D eigenvalue weighted by Crippen LogP contribution is -3.11. The van der Waals surface area contributed by atoms with Gasteiger partial charge in [0.1, 0.15) is 5.83 Å². The van der Waals surface area contributed by atoms with Crippen molar-refractivity contribution in [1.82, 2.24) is 10.3 Å². The van der Waals surface area contributed by atoms with Crippen molar-refractivity contribution in [2.45, 2.75) is 11.4 Å². The van der Waals surface area contributed by atoms with Crippen LogP contribution in [0, 0.1) is 52.3 Å². The molecule has 2 heterocycles. The molecule has 9 rings (SSSR count). The quantitative estimate of drug-likeness (QED) is 0.477. The summed E-state index contributed by atoms with van der Waals surface area (Å²) in [5, 5.41) is 15.2. The fourth-order valence-electron chi connectivity index (χ4n) is 9.33. The number of carboxylic acids is 1. The number of aromatic nitrogens is 1. The number of carbonyl (C=O) groups is 2. The molecular weight excluding hydrogens is 481 g/mol. The number of aliphatic carboxylic acids is 1. The Bertz CT molecular complexity index is 1280. The number of rotatable bonds is 5. The second kappa shape index (κ2) is 5.82. The molecule has 0 aromatic carbocycles. The van der Waals surface area contributed by atoms with Crippen LogP contribution in [0.3, 0.4) is 0 Å². The largest absolute Gasteiger partial charge is 0.481 e. The Labute approximate surface area is 202 Å². The highest BCUT2D eigenvalue weighted by atomic mass is 35.5. The Hall–Kier alpha value is -2.52. The number of halogens is 2. The predicted molar refractivity (Wildman–Crippen MR) is 120 cm³/mol. The van der Waals surface area contributed by atoms with E-state index in [1.54, 1.807) is 12.3 Å². The first-order valence-corrected chi connectivity index (χ1v) is 12.7. The number of thiazole rings is 1. The summed E-state index contributed by atoms with van der Waals surface area (Å²) in [6.07, 6.45) is 6.07. The molecule has 2 N–H and O–H groups in total. The molecule has 8 aliphatic rings. The number of alkyl halides is 1. The lowest BCUT2D eigenvalue weighted by atomic mass is 8.92. The average molecular weight is 500 g/mol. The highest BCUT2D eigenvalue weighted by Crippen LogP contribution is 3.11. The van der Waals surface area contributed by atoms with Crippen LogP contribution in [-0.4, -0.2) is 46.4 Å². The summed E-state index contributed by atoms with van der Waals surface area (Å²) in [4.78, 5) is 34.6. The first kappa shape index (κ1) is 19.8. The second-order valence-corrected chi connectivity index (χ2v) is 11.8. The Balaban J connectivity index is 1.27. The number of hydrogen-bond donors (Lipinski definition) is 2. The van der Waals surface area contributed by atoms with Gasteiger partial charge in [-0.1, -0.05) is 6.08 Å². The van der Waals surface area contributed by atoms with Crippen molar-refractivity contribution in [3.8, 4) is 0 Å². The Kier molecular flexibility index (Phi) is 3.38. The van der Waals surface area contributed by atoms with Gasteiger partial charge in [0.15, 0.2) is 10.8 Å². The van der Waals surface area contributed by atoms with E-state index in [1.807, 2.05) is 5.38 Å². The highest BCUT2D eigenvalue weighted by molar-refractivity contribution is 7.11. The number of ether oxygens (including phenoxy) is 1. The van der Waals surface area contributed by atoms with Gasteiger partial charge in [0, 0.05) is 28.6 Å². The summed E-state index contributed by atoms with van der Waals surface area (Å²) in [6.45, 7) is 0. The third kappa shape index (κ3) is 1.68. The van der Waals surface area contributed by atoms with Crippen molar-refractivity contribution in [3.05, 3.63) is 51.9 Å². The number of hydrogen-bond acceptors (Lipinski definition) is 7. The molecule has 1 aliphatic heterocycles. The monoisotopic (exact) mass is 499 g/mol. The molecule has 7 nitrogen and oxygen atoms in total. The minimum absolute atomic E-state index is 0.200.